The van der Waals surface area contributed by atoms with Crippen LogP contribution in [-0.2, 0) is 0 Å². The molecule has 0 atom stereocenters. The fraction of sp³-hybridized carbons (Fsp3) is 0. The van der Waals surface area contributed by atoms with Gasteiger partial charge in [-0.2, -0.15) is 0 Å². The van der Waals surface area contributed by atoms with Crippen LogP contribution in [0.1, 0.15) is 5.56 Å². The van der Waals surface area contributed by atoms with Crippen molar-refractivity contribution in [3.8, 4) is 0 Å². The van der Waals surface area contributed by atoms with Gasteiger partial charge in [-0.1, -0.05) is 30.3 Å². The van der Waals surface area contributed by atoms with E-state index in [0.717, 1.165) is 5.56 Å². The van der Waals surface area contributed by atoms with E-state index in [0.29, 0.717) is 10.7 Å². The third-order valence-corrected chi connectivity index (χ3v) is 1.50. The highest BCUT2D eigenvalue weighted by Crippen LogP contribution is 2.18. The van der Waals surface area contributed by atoms with Crippen molar-refractivity contribution in [2.45, 2.75) is 0 Å². The summed E-state index contributed by atoms with van der Waals surface area (Å²) in [5.74, 6) is 0. The summed E-state index contributed by atoms with van der Waals surface area (Å²) in [7, 11) is 0. The van der Waals surface area contributed by atoms with Gasteiger partial charge >= 0.3 is 0 Å². The van der Waals surface area contributed by atoms with Gasteiger partial charge in [0.1, 0.15) is 0 Å². The Hall–Kier alpha value is -0.950. The maximum atomic E-state index is 5.66. The zero-order valence-corrected chi connectivity index (χ0v) is 6.23. The Morgan fingerprint density at radius 3 is 2.70 bits per heavy atom. The van der Waals surface area contributed by atoms with E-state index in [1.807, 2.05) is 6.07 Å². The van der Waals surface area contributed by atoms with Crippen LogP contribution >= 0.6 is 11.6 Å². The molecule has 2 N–H and O–H groups in total. The molecule has 0 aliphatic carbocycles. The van der Waals surface area contributed by atoms with Crippen LogP contribution in [0.5, 0.6) is 0 Å². The number of rotatable bonds is 1. The van der Waals surface area contributed by atoms with Crippen molar-refractivity contribution >= 4 is 23.4 Å². The molecule has 0 bridgehead atoms. The Morgan fingerprint density at radius 2 is 2.20 bits per heavy atom. The molecule has 0 aliphatic rings. The van der Waals surface area contributed by atoms with Gasteiger partial charge < -0.3 is 5.73 Å². The molecule has 1 nitrogen and oxygen atoms in total. The van der Waals surface area contributed by atoms with Crippen molar-refractivity contribution in [1.29, 1.82) is 0 Å². The van der Waals surface area contributed by atoms with Crippen LogP contribution in [0.15, 0.2) is 24.8 Å². The predicted octanol–water partition coefficient (Wildman–Crippen LogP) is 2.57. The Morgan fingerprint density at radius 1 is 1.50 bits per heavy atom. The summed E-state index contributed by atoms with van der Waals surface area (Å²) in [4.78, 5) is 0. The van der Waals surface area contributed by atoms with Crippen molar-refractivity contribution in [3.05, 3.63) is 35.4 Å². The van der Waals surface area contributed by atoms with E-state index in [-0.39, 0.29) is 0 Å². The molecular formula is C8H8ClN. The molecule has 0 aromatic heterocycles. The van der Waals surface area contributed by atoms with Gasteiger partial charge in [-0.25, -0.2) is 0 Å². The van der Waals surface area contributed by atoms with Crippen LogP contribution in [0.4, 0.5) is 5.69 Å². The molecule has 0 unspecified atom stereocenters. The normalized spacial score (nSPS) is 9.30. The fourth-order valence-electron chi connectivity index (χ4n) is 0.732. The zero-order chi connectivity index (χ0) is 7.56. The topological polar surface area (TPSA) is 26.0 Å². The second kappa shape index (κ2) is 2.76. The second-order valence-corrected chi connectivity index (χ2v) is 2.41. The van der Waals surface area contributed by atoms with Crippen LogP contribution in [0.25, 0.3) is 6.08 Å². The number of nitrogen functional groups attached to an aromatic ring is 1. The zero-order valence-electron chi connectivity index (χ0n) is 5.47. The molecule has 1 aromatic carbocycles. The summed E-state index contributed by atoms with van der Waals surface area (Å²) < 4.78 is 0. The maximum absolute atomic E-state index is 5.66. The summed E-state index contributed by atoms with van der Waals surface area (Å²) in [5, 5.41) is 0.656. The molecule has 0 amide bonds. The molecule has 0 saturated heterocycles. The van der Waals surface area contributed by atoms with E-state index in [2.05, 4.69) is 6.58 Å². The highest BCUT2D eigenvalue weighted by atomic mass is 35.5. The molecule has 0 aliphatic heterocycles. The molecule has 0 saturated carbocycles. The van der Waals surface area contributed by atoms with Crippen molar-refractivity contribution in [2.24, 2.45) is 0 Å². The summed E-state index contributed by atoms with van der Waals surface area (Å²) in [5.41, 5.74) is 7.17. The SMILES string of the molecule is C=Cc1ccc(Cl)cc1N. The first kappa shape index (κ1) is 7.16. The quantitative estimate of drug-likeness (QED) is 0.617. The number of benzene rings is 1. The Kier molecular flexibility index (Phi) is 1.97. The Bertz CT molecular complexity index is 255. The smallest absolute Gasteiger partial charge is 0.0426 e. The largest absolute Gasteiger partial charge is 0.398 e. The van der Waals surface area contributed by atoms with E-state index in [1.165, 1.54) is 0 Å². The van der Waals surface area contributed by atoms with Gasteiger partial charge in [0.15, 0.2) is 0 Å². The lowest BCUT2D eigenvalue weighted by atomic mass is 10.2. The van der Waals surface area contributed by atoms with Crippen LogP contribution in [0.3, 0.4) is 0 Å². The van der Waals surface area contributed by atoms with Gasteiger partial charge in [0.2, 0.25) is 0 Å². The molecule has 1 rings (SSSR count). The van der Waals surface area contributed by atoms with Crippen LogP contribution in [-0.4, -0.2) is 0 Å². The lowest BCUT2D eigenvalue weighted by Gasteiger charge is -1.98. The Balaban J connectivity index is 3.19. The molecule has 2 heteroatoms. The average Bonchev–Trinajstić information content (AvgIpc) is 1.88. The number of halogens is 1. The average molecular weight is 154 g/mol. The summed E-state index contributed by atoms with van der Waals surface area (Å²) in [6.07, 6.45) is 1.70. The molecular weight excluding hydrogens is 146 g/mol. The third-order valence-electron chi connectivity index (χ3n) is 1.27. The van der Waals surface area contributed by atoms with Crippen molar-refractivity contribution in [1.82, 2.24) is 0 Å². The van der Waals surface area contributed by atoms with E-state index >= 15 is 0 Å². The molecule has 52 valence electrons. The standard InChI is InChI=1S/C8H8ClN/c1-2-6-3-4-7(9)5-8(6)10/h2-5H,1,10H2. The van der Waals surface area contributed by atoms with E-state index in [1.54, 1.807) is 18.2 Å². The lowest BCUT2D eigenvalue weighted by Crippen LogP contribution is -1.87. The Labute approximate surface area is 65.1 Å². The van der Waals surface area contributed by atoms with Gasteiger partial charge in [0, 0.05) is 10.7 Å². The van der Waals surface area contributed by atoms with Gasteiger partial charge in [-0.15, -0.1) is 0 Å². The monoisotopic (exact) mass is 153 g/mol. The molecule has 10 heavy (non-hydrogen) atoms. The molecule has 0 spiro atoms. The minimum absolute atomic E-state index is 0.656. The first-order valence-corrected chi connectivity index (χ1v) is 3.29. The minimum Gasteiger partial charge on any atom is -0.398 e. The lowest BCUT2D eigenvalue weighted by molar-refractivity contribution is 1.64. The maximum Gasteiger partial charge on any atom is 0.0426 e. The molecule has 1 aromatic rings. The minimum atomic E-state index is 0.656. The summed E-state index contributed by atoms with van der Waals surface area (Å²) in [6, 6.07) is 5.33. The first-order chi connectivity index (χ1) is 4.74. The highest BCUT2D eigenvalue weighted by Gasteiger charge is 1.93. The summed E-state index contributed by atoms with van der Waals surface area (Å²) >= 11 is 5.66. The van der Waals surface area contributed by atoms with E-state index in [9.17, 15) is 0 Å². The molecule has 0 radical (unpaired) electrons. The second-order valence-electron chi connectivity index (χ2n) is 1.98. The molecule has 0 heterocycles. The van der Waals surface area contributed by atoms with Crippen molar-refractivity contribution < 1.29 is 0 Å². The third kappa shape index (κ3) is 1.31. The highest BCUT2D eigenvalue weighted by molar-refractivity contribution is 6.30. The number of anilines is 1. The van der Waals surface area contributed by atoms with Gasteiger partial charge in [0.05, 0.1) is 0 Å². The van der Waals surface area contributed by atoms with Crippen molar-refractivity contribution in [3.63, 3.8) is 0 Å². The van der Waals surface area contributed by atoms with Gasteiger partial charge in [-0.3, -0.25) is 0 Å². The molecule has 0 fully saturated rings. The van der Waals surface area contributed by atoms with E-state index in [4.69, 9.17) is 17.3 Å². The first-order valence-electron chi connectivity index (χ1n) is 2.91. The van der Waals surface area contributed by atoms with Crippen LogP contribution in [0.2, 0.25) is 5.02 Å². The van der Waals surface area contributed by atoms with Crippen molar-refractivity contribution in [2.75, 3.05) is 5.73 Å². The van der Waals surface area contributed by atoms with E-state index < -0.39 is 0 Å². The fourth-order valence-corrected chi connectivity index (χ4v) is 0.912. The predicted molar refractivity (Wildman–Crippen MR) is 46.0 cm³/mol. The van der Waals surface area contributed by atoms with Crippen LogP contribution in [0, 0.1) is 0 Å². The number of hydrogen-bond donors (Lipinski definition) is 1. The summed E-state index contributed by atoms with van der Waals surface area (Å²) in [6.45, 7) is 3.60. The van der Waals surface area contributed by atoms with Crippen LogP contribution < -0.4 is 5.73 Å². The van der Waals surface area contributed by atoms with Gasteiger partial charge in [-0.05, 0) is 17.7 Å². The number of nitrogens with two attached hydrogens (primary N) is 1. The number of hydrogen-bond acceptors (Lipinski definition) is 1. The van der Waals surface area contributed by atoms with Gasteiger partial charge in [0.25, 0.3) is 0 Å².